The Balaban J connectivity index is 0.00000216. The Morgan fingerprint density at radius 2 is 1.82 bits per heavy atom. The van der Waals surface area contributed by atoms with Crippen molar-refractivity contribution in [2.24, 2.45) is 0 Å². The zero-order valence-corrected chi connectivity index (χ0v) is 19.6. The van der Waals surface area contributed by atoms with Gasteiger partial charge in [0.25, 0.3) is 0 Å². The topological polar surface area (TPSA) is 83.8 Å². The molecule has 2 heterocycles. The number of hydrogen-bond acceptors (Lipinski definition) is 5. The molecule has 0 unspecified atom stereocenters. The van der Waals surface area contributed by atoms with Crippen LogP contribution in [0.3, 0.4) is 0 Å². The molecule has 0 aliphatic carbocycles. The van der Waals surface area contributed by atoms with Gasteiger partial charge in [-0.25, -0.2) is 9.59 Å². The Bertz CT molecular complexity index is 1200. The van der Waals surface area contributed by atoms with Gasteiger partial charge in [0.15, 0.2) is 0 Å². The third kappa shape index (κ3) is 5.37. The molecule has 7 nitrogen and oxygen atoms in total. The molecular weight excluding hydrogens is 418 g/mol. The summed E-state index contributed by atoms with van der Waals surface area (Å²) in [7, 11) is 2.11. The van der Waals surface area contributed by atoms with Crippen LogP contribution in [0.25, 0.3) is 11.0 Å². The molecule has 1 fully saturated rings. The van der Waals surface area contributed by atoms with Crippen LogP contribution in [-0.4, -0.2) is 37.2 Å². The molecule has 0 bridgehead atoms. The lowest BCUT2D eigenvalue weighted by molar-refractivity contribution is 0.113. The van der Waals surface area contributed by atoms with Gasteiger partial charge in [0.2, 0.25) is 0 Å². The lowest BCUT2D eigenvalue weighted by Crippen LogP contribution is -2.35. The first-order valence-corrected chi connectivity index (χ1v) is 11.4. The molecule has 1 aliphatic rings. The molecule has 2 amide bonds. The zero-order chi connectivity index (χ0) is 23.5. The van der Waals surface area contributed by atoms with E-state index in [1.807, 2.05) is 43.3 Å². The van der Waals surface area contributed by atoms with Crippen LogP contribution in [0.15, 0.2) is 51.7 Å². The maximum atomic E-state index is 12.6. The van der Waals surface area contributed by atoms with Crippen LogP contribution in [0.1, 0.15) is 46.6 Å². The van der Waals surface area contributed by atoms with Crippen LogP contribution >= 0.6 is 0 Å². The number of benzene rings is 2. The largest absolute Gasteiger partial charge is 0.490 e. The van der Waals surface area contributed by atoms with Crippen molar-refractivity contribution in [3.63, 3.8) is 0 Å². The summed E-state index contributed by atoms with van der Waals surface area (Å²) in [4.78, 5) is 27.3. The van der Waals surface area contributed by atoms with Gasteiger partial charge in [0, 0.05) is 32.6 Å². The van der Waals surface area contributed by atoms with E-state index in [4.69, 9.17) is 9.15 Å². The number of ether oxygens (including phenoxy) is 1. The van der Waals surface area contributed by atoms with Gasteiger partial charge in [-0.2, -0.15) is 0 Å². The second-order valence-electron chi connectivity index (χ2n) is 9.03. The van der Waals surface area contributed by atoms with Crippen molar-refractivity contribution in [3.8, 4) is 5.75 Å². The molecule has 33 heavy (non-hydrogen) atoms. The number of aryl methyl sites for hydroxylation is 1. The third-order valence-electron chi connectivity index (χ3n) is 6.14. The van der Waals surface area contributed by atoms with E-state index in [0.717, 1.165) is 42.6 Å². The molecule has 7 heteroatoms. The Labute approximate surface area is 196 Å². The van der Waals surface area contributed by atoms with Gasteiger partial charge in [-0.05, 0) is 68.6 Å². The fourth-order valence-corrected chi connectivity index (χ4v) is 4.04. The lowest BCUT2D eigenvalue weighted by Gasteiger charge is -2.29. The van der Waals surface area contributed by atoms with Gasteiger partial charge < -0.3 is 24.7 Å². The first kappa shape index (κ1) is 22.9. The minimum atomic E-state index is -0.604. The molecule has 1 aliphatic heterocycles. The van der Waals surface area contributed by atoms with E-state index in [-0.39, 0.29) is 14.6 Å². The number of carbonyl (C=O) groups is 1. The van der Waals surface area contributed by atoms with Crippen LogP contribution in [0.2, 0.25) is 0 Å². The number of urea groups is 1. The fraction of sp³-hybridized carbons (Fsp3) is 0.385. The highest BCUT2D eigenvalue weighted by molar-refractivity contribution is 6.00. The summed E-state index contributed by atoms with van der Waals surface area (Å²) in [6.07, 6.45) is 2.09. The Hall–Kier alpha value is -3.32. The molecule has 2 N–H and O–H groups in total. The van der Waals surface area contributed by atoms with Gasteiger partial charge in [-0.3, -0.25) is 0 Å². The second kappa shape index (κ2) is 9.67. The first-order chi connectivity index (χ1) is 15.8. The normalized spacial score (nSPS) is 15.1. The van der Waals surface area contributed by atoms with E-state index in [9.17, 15) is 9.59 Å². The predicted octanol–water partition coefficient (Wildman–Crippen LogP) is 5.83. The minimum Gasteiger partial charge on any atom is -0.490 e. The molecule has 0 radical (unpaired) electrons. The van der Waals surface area contributed by atoms with Gasteiger partial charge in [-0.1, -0.05) is 26.0 Å². The molecule has 0 atom stereocenters. The van der Waals surface area contributed by atoms with Crippen LogP contribution < -0.4 is 21.0 Å². The SMILES string of the molecule is Cc1c(OC2CCN(C)CC2)ccc2cc(NC(=O)Nc3ccc(C(C)C)cc3)c(=O)oc12.[HH].[HH]. The average Bonchev–Trinajstić information content (AvgIpc) is 2.78. The monoisotopic (exact) mass is 453 g/mol. The highest BCUT2D eigenvalue weighted by Gasteiger charge is 2.20. The van der Waals surface area contributed by atoms with Crippen LogP contribution in [0.4, 0.5) is 16.2 Å². The van der Waals surface area contributed by atoms with E-state index in [0.29, 0.717) is 17.2 Å². The predicted molar refractivity (Wildman–Crippen MR) is 136 cm³/mol. The minimum absolute atomic E-state index is 0. The van der Waals surface area contributed by atoms with Crippen molar-refractivity contribution in [3.05, 3.63) is 64.0 Å². The van der Waals surface area contributed by atoms with Crippen LogP contribution in [-0.2, 0) is 0 Å². The van der Waals surface area contributed by atoms with Crippen molar-refractivity contribution in [2.45, 2.75) is 45.6 Å². The molecule has 0 saturated carbocycles. The maximum Gasteiger partial charge on any atom is 0.360 e. The molecule has 2 aromatic carbocycles. The third-order valence-corrected chi connectivity index (χ3v) is 6.14. The van der Waals surface area contributed by atoms with E-state index < -0.39 is 11.7 Å². The van der Waals surface area contributed by atoms with Gasteiger partial charge >= 0.3 is 11.7 Å². The summed E-state index contributed by atoms with van der Waals surface area (Å²) in [5.41, 5.74) is 2.57. The van der Waals surface area contributed by atoms with Crippen molar-refractivity contribution in [2.75, 3.05) is 30.8 Å². The summed E-state index contributed by atoms with van der Waals surface area (Å²) in [6, 6.07) is 12.5. The summed E-state index contributed by atoms with van der Waals surface area (Å²) >= 11 is 0. The summed E-state index contributed by atoms with van der Waals surface area (Å²) in [6.45, 7) is 8.12. The van der Waals surface area contributed by atoms with E-state index in [1.165, 1.54) is 5.56 Å². The smallest absolute Gasteiger partial charge is 0.360 e. The van der Waals surface area contributed by atoms with Crippen molar-refractivity contribution < 1.29 is 16.8 Å². The van der Waals surface area contributed by atoms with Crippen LogP contribution in [0, 0.1) is 6.92 Å². The number of fused-ring (bicyclic) bond motifs is 1. The Kier molecular flexibility index (Phi) is 6.70. The molecule has 1 saturated heterocycles. The van der Waals surface area contributed by atoms with Gasteiger partial charge in [0.1, 0.15) is 23.1 Å². The molecule has 178 valence electrons. The van der Waals surface area contributed by atoms with Crippen molar-refractivity contribution >= 4 is 28.4 Å². The number of nitrogens with zero attached hydrogens (tertiary/aromatic N) is 1. The molecule has 3 aromatic rings. The standard InChI is InChI=1S/C26H31N3O4.2H2/c1-16(2)18-5-8-20(9-6-18)27-26(31)28-22-15-19-7-10-23(17(3)24(19)33-25(22)30)32-21-11-13-29(4)14-12-21;;/h5-10,15-16,21H,11-14H2,1-4H3,(H2,27,28,31);2*1H. The van der Waals surface area contributed by atoms with E-state index >= 15 is 0 Å². The fourth-order valence-electron chi connectivity index (χ4n) is 4.04. The van der Waals surface area contributed by atoms with Gasteiger partial charge in [-0.15, -0.1) is 0 Å². The number of anilines is 2. The number of rotatable bonds is 5. The van der Waals surface area contributed by atoms with Crippen LogP contribution in [0.5, 0.6) is 5.75 Å². The number of carbonyl (C=O) groups excluding carboxylic acids is 1. The average molecular weight is 454 g/mol. The number of hydrogen-bond donors (Lipinski definition) is 2. The Morgan fingerprint density at radius 3 is 2.48 bits per heavy atom. The van der Waals surface area contributed by atoms with Crippen molar-refractivity contribution in [1.29, 1.82) is 0 Å². The molecule has 0 spiro atoms. The number of likely N-dealkylation sites (tertiary alicyclic amines) is 1. The zero-order valence-electron chi connectivity index (χ0n) is 19.6. The summed E-state index contributed by atoms with van der Waals surface area (Å²) in [5.74, 6) is 1.14. The van der Waals surface area contributed by atoms with Gasteiger partial charge in [0.05, 0.1) is 0 Å². The van der Waals surface area contributed by atoms with E-state index in [1.54, 1.807) is 6.07 Å². The summed E-state index contributed by atoms with van der Waals surface area (Å²) < 4.78 is 11.8. The Morgan fingerprint density at radius 1 is 1.12 bits per heavy atom. The first-order valence-electron chi connectivity index (χ1n) is 11.4. The summed E-state index contributed by atoms with van der Waals surface area (Å²) in [5, 5.41) is 6.07. The second-order valence-corrected chi connectivity index (χ2v) is 9.03. The van der Waals surface area contributed by atoms with Crippen molar-refractivity contribution in [1.82, 2.24) is 4.90 Å². The number of amides is 2. The molecular formula is C26H35N3O4. The lowest BCUT2D eigenvalue weighted by atomic mass is 10.0. The molecule has 4 rings (SSSR count). The van der Waals surface area contributed by atoms with E-state index in [2.05, 4.69) is 36.4 Å². The number of nitrogens with one attached hydrogen (secondary N) is 2. The highest BCUT2D eigenvalue weighted by Crippen LogP contribution is 2.30. The number of piperidine rings is 1. The quantitative estimate of drug-likeness (QED) is 0.475. The highest BCUT2D eigenvalue weighted by atomic mass is 16.5. The maximum absolute atomic E-state index is 12.6. The molecule has 1 aromatic heterocycles.